The largest absolute Gasteiger partial charge is 0.317 e. The summed E-state index contributed by atoms with van der Waals surface area (Å²) in [6, 6.07) is 41.1. The number of allylic oxidation sites excluding steroid dienone is 2. The Morgan fingerprint density at radius 2 is 0.902 bits per heavy atom. The van der Waals surface area contributed by atoms with Crippen molar-refractivity contribution in [3.63, 3.8) is 0 Å². The lowest BCUT2D eigenvalue weighted by molar-refractivity contribution is 0.286. The molecule has 0 heterocycles. The first-order chi connectivity index (χ1) is 20.2. The summed E-state index contributed by atoms with van der Waals surface area (Å²) >= 11 is 0. The zero-order valence-corrected chi connectivity index (χ0v) is 22.8. The standard InChI is InChI=1S/C40H29N/c41-40(35-22-23-7-8-30(35)21-23,33-19-15-28-11-9-24-3-1-5-26-13-17-31(33)38(28)36(24)26)34-20-16-29-12-10-25-4-2-6-27-14-18-32(34)39(29)37(25)27/h1-20,23,30,35H,21-22,41H2. The molecular formula is C40H29N. The first kappa shape index (κ1) is 22.3. The van der Waals surface area contributed by atoms with Gasteiger partial charge in [-0.1, -0.05) is 121 Å². The van der Waals surface area contributed by atoms with Crippen LogP contribution in [-0.2, 0) is 5.54 Å². The summed E-state index contributed by atoms with van der Waals surface area (Å²) in [4.78, 5) is 0. The van der Waals surface area contributed by atoms with Gasteiger partial charge in [0, 0.05) is 0 Å². The molecule has 1 heteroatoms. The topological polar surface area (TPSA) is 26.0 Å². The molecule has 3 atom stereocenters. The normalized spacial score (nSPS) is 20.8. The summed E-state index contributed by atoms with van der Waals surface area (Å²) in [7, 11) is 0. The Hall–Kier alpha value is -4.46. The van der Waals surface area contributed by atoms with E-state index in [9.17, 15) is 0 Å². The highest BCUT2D eigenvalue weighted by Gasteiger charge is 2.49. The van der Waals surface area contributed by atoms with E-state index in [-0.39, 0.29) is 0 Å². The molecule has 1 nitrogen and oxygen atoms in total. The number of benzene rings is 8. The Labute approximate surface area is 238 Å². The number of hydrogen-bond acceptors (Lipinski definition) is 1. The van der Waals surface area contributed by atoms with Crippen LogP contribution in [-0.4, -0.2) is 0 Å². The van der Waals surface area contributed by atoms with Crippen LogP contribution in [0.3, 0.4) is 0 Å². The van der Waals surface area contributed by atoms with Gasteiger partial charge < -0.3 is 5.73 Å². The highest BCUT2D eigenvalue weighted by atomic mass is 14.8. The van der Waals surface area contributed by atoms with Gasteiger partial charge in [-0.25, -0.2) is 0 Å². The molecule has 2 aliphatic carbocycles. The molecule has 10 rings (SSSR count). The van der Waals surface area contributed by atoms with Gasteiger partial charge in [0.05, 0.1) is 5.54 Å². The van der Waals surface area contributed by atoms with Gasteiger partial charge in [-0.15, -0.1) is 0 Å². The molecular weight excluding hydrogens is 494 g/mol. The molecule has 0 radical (unpaired) electrons. The SMILES string of the molecule is NC(c1ccc2ccc3cccc4ccc1c2c34)(c1ccc2ccc3cccc4ccc1c2c34)C1CC2C=CC1C2. The smallest absolute Gasteiger partial charge is 0.0712 e. The van der Waals surface area contributed by atoms with Crippen LogP contribution in [0.5, 0.6) is 0 Å². The Morgan fingerprint density at radius 1 is 0.463 bits per heavy atom. The van der Waals surface area contributed by atoms with Crippen molar-refractivity contribution in [2.24, 2.45) is 23.5 Å². The summed E-state index contributed by atoms with van der Waals surface area (Å²) in [5, 5.41) is 15.8. The molecule has 0 amide bonds. The van der Waals surface area contributed by atoms with Gasteiger partial charge >= 0.3 is 0 Å². The third-order valence-electron chi connectivity index (χ3n) is 10.8. The van der Waals surface area contributed by atoms with Gasteiger partial charge in [0.15, 0.2) is 0 Å². The van der Waals surface area contributed by atoms with E-state index in [0.29, 0.717) is 17.8 Å². The fourth-order valence-electron chi connectivity index (χ4n) is 9.04. The lowest BCUT2D eigenvalue weighted by Crippen LogP contribution is -2.47. The molecule has 1 saturated carbocycles. The number of nitrogens with two attached hydrogens (primary N) is 1. The zero-order chi connectivity index (χ0) is 26.9. The van der Waals surface area contributed by atoms with E-state index in [2.05, 4.69) is 121 Å². The molecule has 0 aromatic heterocycles. The predicted octanol–water partition coefficient (Wildman–Crippen LogP) is 9.90. The molecule has 0 saturated heterocycles. The highest BCUT2D eigenvalue weighted by molar-refractivity contribution is 6.25. The Morgan fingerprint density at radius 3 is 1.34 bits per heavy atom. The first-order valence-corrected chi connectivity index (χ1v) is 15.0. The van der Waals surface area contributed by atoms with Crippen molar-refractivity contribution in [2.75, 3.05) is 0 Å². The molecule has 3 unspecified atom stereocenters. The number of rotatable bonds is 3. The average molecular weight is 524 g/mol. The molecule has 2 aliphatic rings. The molecule has 2 bridgehead atoms. The molecule has 194 valence electrons. The Balaban J connectivity index is 1.35. The van der Waals surface area contributed by atoms with Crippen LogP contribution >= 0.6 is 0 Å². The fraction of sp³-hybridized carbons (Fsp3) is 0.150. The molecule has 0 spiro atoms. The van der Waals surface area contributed by atoms with Crippen LogP contribution in [0.2, 0.25) is 0 Å². The molecule has 0 aliphatic heterocycles. The minimum Gasteiger partial charge on any atom is -0.317 e. The van der Waals surface area contributed by atoms with Crippen molar-refractivity contribution in [3.05, 3.63) is 132 Å². The second kappa shape index (κ2) is 7.63. The molecule has 8 aromatic rings. The van der Waals surface area contributed by atoms with Crippen molar-refractivity contribution in [2.45, 2.75) is 18.4 Å². The van der Waals surface area contributed by atoms with Crippen molar-refractivity contribution in [3.8, 4) is 0 Å². The van der Waals surface area contributed by atoms with Crippen LogP contribution in [0.1, 0.15) is 24.0 Å². The monoisotopic (exact) mass is 523 g/mol. The zero-order valence-electron chi connectivity index (χ0n) is 22.8. The lowest BCUT2D eigenvalue weighted by atomic mass is 9.66. The van der Waals surface area contributed by atoms with E-state index in [1.807, 2.05) is 0 Å². The third kappa shape index (κ3) is 2.75. The van der Waals surface area contributed by atoms with Gasteiger partial charge in [-0.3, -0.25) is 0 Å². The van der Waals surface area contributed by atoms with Crippen molar-refractivity contribution < 1.29 is 0 Å². The van der Waals surface area contributed by atoms with E-state index >= 15 is 0 Å². The molecule has 2 N–H and O–H groups in total. The third-order valence-corrected chi connectivity index (χ3v) is 10.8. The van der Waals surface area contributed by atoms with Crippen LogP contribution in [0.15, 0.2) is 121 Å². The van der Waals surface area contributed by atoms with Gasteiger partial charge in [0.2, 0.25) is 0 Å². The first-order valence-electron chi connectivity index (χ1n) is 15.0. The molecule has 1 fully saturated rings. The van der Waals surface area contributed by atoms with Crippen molar-refractivity contribution >= 4 is 64.6 Å². The maximum absolute atomic E-state index is 8.10. The maximum atomic E-state index is 8.10. The van der Waals surface area contributed by atoms with Gasteiger partial charge in [0.25, 0.3) is 0 Å². The average Bonchev–Trinajstić information content (AvgIpc) is 3.67. The van der Waals surface area contributed by atoms with E-state index in [0.717, 1.165) is 6.42 Å². The van der Waals surface area contributed by atoms with E-state index in [4.69, 9.17) is 5.73 Å². The highest BCUT2D eigenvalue weighted by Crippen LogP contribution is 2.55. The van der Waals surface area contributed by atoms with Crippen molar-refractivity contribution in [1.29, 1.82) is 0 Å². The van der Waals surface area contributed by atoms with E-state index in [1.54, 1.807) is 0 Å². The quantitative estimate of drug-likeness (QED) is 0.181. The van der Waals surface area contributed by atoms with E-state index in [1.165, 1.54) is 82.2 Å². The summed E-state index contributed by atoms with van der Waals surface area (Å²) in [5.74, 6) is 1.48. The van der Waals surface area contributed by atoms with E-state index < -0.39 is 5.54 Å². The predicted molar refractivity (Wildman–Crippen MR) is 174 cm³/mol. The summed E-state index contributed by atoms with van der Waals surface area (Å²) in [6.45, 7) is 0. The summed E-state index contributed by atoms with van der Waals surface area (Å²) in [6.07, 6.45) is 7.27. The van der Waals surface area contributed by atoms with Gasteiger partial charge in [-0.05, 0) is 106 Å². The Bertz CT molecular complexity index is 2180. The summed E-state index contributed by atoms with van der Waals surface area (Å²) < 4.78 is 0. The summed E-state index contributed by atoms with van der Waals surface area (Å²) in [5.41, 5.74) is 10.0. The Kier molecular flexibility index (Phi) is 4.14. The minimum atomic E-state index is -0.630. The van der Waals surface area contributed by atoms with Crippen LogP contribution in [0, 0.1) is 17.8 Å². The molecule has 41 heavy (non-hydrogen) atoms. The van der Waals surface area contributed by atoms with Gasteiger partial charge in [0.1, 0.15) is 0 Å². The van der Waals surface area contributed by atoms with Crippen molar-refractivity contribution in [1.82, 2.24) is 0 Å². The van der Waals surface area contributed by atoms with Gasteiger partial charge in [-0.2, -0.15) is 0 Å². The second-order valence-corrected chi connectivity index (χ2v) is 12.7. The fourth-order valence-corrected chi connectivity index (χ4v) is 9.04. The second-order valence-electron chi connectivity index (χ2n) is 12.7. The molecule has 8 aromatic carbocycles. The van der Waals surface area contributed by atoms with Crippen LogP contribution in [0.25, 0.3) is 64.6 Å². The maximum Gasteiger partial charge on any atom is 0.0712 e. The number of fused-ring (bicyclic) bond motifs is 2. The van der Waals surface area contributed by atoms with Crippen LogP contribution in [0.4, 0.5) is 0 Å². The number of hydrogen-bond donors (Lipinski definition) is 1. The lowest BCUT2D eigenvalue weighted by Gasteiger charge is -2.42. The minimum absolute atomic E-state index is 0.342. The van der Waals surface area contributed by atoms with Crippen LogP contribution < -0.4 is 5.73 Å².